The Morgan fingerprint density at radius 2 is 1.38 bits per heavy atom. The molecule has 0 radical (unpaired) electrons. The van der Waals surface area contributed by atoms with E-state index in [4.69, 9.17) is 9.47 Å². The third kappa shape index (κ3) is 11.7. The SMILES string of the molecule is Cc1ccc(C(C(=O)NC(Cc2ccccc2)C(=O)OC(C)(C)C)N(C(=O)C(CS)NC(=O)OC(C)(C)C)C(C)(C)C)c(C)c1. The number of aryl methyl sites for hydroxylation is 2. The summed E-state index contributed by atoms with van der Waals surface area (Å²) in [6.07, 6.45) is -0.589. The molecule has 45 heavy (non-hydrogen) atoms. The monoisotopic (exact) mass is 641 g/mol. The van der Waals surface area contributed by atoms with Crippen LogP contribution in [0.4, 0.5) is 4.79 Å². The number of carbonyl (C=O) groups excluding carboxylic acids is 4. The zero-order chi connectivity index (χ0) is 34.3. The van der Waals surface area contributed by atoms with Crippen LogP contribution in [0, 0.1) is 13.8 Å². The van der Waals surface area contributed by atoms with Crippen molar-refractivity contribution in [3.8, 4) is 0 Å². The van der Waals surface area contributed by atoms with Crippen LogP contribution >= 0.6 is 12.6 Å². The Balaban J connectivity index is 2.65. The molecule has 0 saturated carbocycles. The van der Waals surface area contributed by atoms with E-state index in [1.165, 1.54) is 4.90 Å². The van der Waals surface area contributed by atoms with Gasteiger partial charge in [0.25, 0.3) is 0 Å². The van der Waals surface area contributed by atoms with Crippen LogP contribution in [0.1, 0.15) is 90.6 Å². The molecule has 0 aromatic heterocycles. The quantitative estimate of drug-likeness (QED) is 0.221. The van der Waals surface area contributed by atoms with E-state index >= 15 is 0 Å². The molecular weight excluding hydrogens is 590 g/mol. The Morgan fingerprint density at radius 3 is 1.87 bits per heavy atom. The molecule has 248 valence electrons. The van der Waals surface area contributed by atoms with Gasteiger partial charge in [-0.3, -0.25) is 9.59 Å². The van der Waals surface area contributed by atoms with E-state index < -0.39 is 58.7 Å². The zero-order valence-electron chi connectivity index (χ0n) is 28.6. The van der Waals surface area contributed by atoms with Gasteiger partial charge >= 0.3 is 12.1 Å². The molecule has 0 spiro atoms. The molecule has 2 N–H and O–H groups in total. The van der Waals surface area contributed by atoms with Gasteiger partial charge in [-0.2, -0.15) is 12.6 Å². The molecule has 0 heterocycles. The molecule has 0 aliphatic rings. The predicted molar refractivity (Wildman–Crippen MR) is 180 cm³/mol. The van der Waals surface area contributed by atoms with Gasteiger partial charge in [-0.15, -0.1) is 0 Å². The zero-order valence-corrected chi connectivity index (χ0v) is 29.5. The highest BCUT2D eigenvalue weighted by molar-refractivity contribution is 7.80. The summed E-state index contributed by atoms with van der Waals surface area (Å²) < 4.78 is 11.1. The molecule has 9 nitrogen and oxygen atoms in total. The summed E-state index contributed by atoms with van der Waals surface area (Å²) in [5.74, 6) is -1.72. The first-order valence-corrected chi connectivity index (χ1v) is 15.8. The van der Waals surface area contributed by atoms with Crippen LogP contribution in [-0.4, -0.2) is 63.4 Å². The van der Waals surface area contributed by atoms with Crippen molar-refractivity contribution in [2.45, 2.75) is 117 Å². The lowest BCUT2D eigenvalue weighted by Gasteiger charge is -2.43. The first-order chi connectivity index (χ1) is 20.6. The van der Waals surface area contributed by atoms with Gasteiger partial charge in [0.15, 0.2) is 0 Å². The average molecular weight is 642 g/mol. The van der Waals surface area contributed by atoms with E-state index in [9.17, 15) is 19.2 Å². The smallest absolute Gasteiger partial charge is 0.408 e. The number of nitrogens with one attached hydrogen (secondary N) is 2. The van der Waals surface area contributed by atoms with Crippen molar-refractivity contribution in [3.05, 3.63) is 70.8 Å². The fourth-order valence-electron chi connectivity index (χ4n) is 4.84. The van der Waals surface area contributed by atoms with Crippen molar-refractivity contribution < 1.29 is 28.7 Å². The lowest BCUT2D eigenvalue weighted by Crippen LogP contribution is -2.60. The summed E-state index contributed by atoms with van der Waals surface area (Å²) in [7, 11) is 0. The number of rotatable bonds is 10. The highest BCUT2D eigenvalue weighted by atomic mass is 32.1. The minimum atomic E-state index is -1.17. The van der Waals surface area contributed by atoms with E-state index in [2.05, 4.69) is 23.3 Å². The molecule has 3 unspecified atom stereocenters. The number of thiol groups is 1. The number of esters is 1. The molecule has 2 aromatic rings. The van der Waals surface area contributed by atoms with E-state index in [-0.39, 0.29) is 12.2 Å². The van der Waals surface area contributed by atoms with Gasteiger partial charge in [0.2, 0.25) is 11.8 Å². The molecule has 2 rings (SSSR count). The fourth-order valence-corrected chi connectivity index (χ4v) is 5.09. The molecule has 0 bridgehead atoms. The number of carbonyl (C=O) groups is 4. The van der Waals surface area contributed by atoms with Crippen molar-refractivity contribution in [1.82, 2.24) is 15.5 Å². The summed E-state index contributed by atoms with van der Waals surface area (Å²) >= 11 is 4.37. The third-order valence-corrected chi connectivity index (χ3v) is 7.01. The van der Waals surface area contributed by atoms with Crippen LogP contribution in [0.15, 0.2) is 48.5 Å². The van der Waals surface area contributed by atoms with E-state index in [1.807, 2.05) is 83.1 Å². The standard InChI is InChI=1S/C35H51N3O6S/c1-22-17-18-25(23(2)19-22)28(38(33(3,4)5)30(40)27(21-45)37-32(42)44-35(9,10)11)29(39)36-26(31(41)43-34(6,7)8)20-24-15-13-12-14-16-24/h12-19,26-28,45H,20-21H2,1-11H3,(H,36,39)(H,37,42). The van der Waals surface area contributed by atoms with E-state index in [1.54, 1.807) is 41.5 Å². The topological polar surface area (TPSA) is 114 Å². The number of amides is 3. The first-order valence-electron chi connectivity index (χ1n) is 15.2. The van der Waals surface area contributed by atoms with Crippen LogP contribution in [0.5, 0.6) is 0 Å². The van der Waals surface area contributed by atoms with Gasteiger partial charge in [0.05, 0.1) is 0 Å². The molecule has 0 aliphatic carbocycles. The molecule has 0 fully saturated rings. The Kier molecular flexibility index (Phi) is 12.7. The lowest BCUT2D eigenvalue weighted by atomic mass is 9.92. The van der Waals surface area contributed by atoms with Gasteiger partial charge in [-0.1, -0.05) is 54.1 Å². The molecular formula is C35H51N3O6S. The second-order valence-electron chi connectivity index (χ2n) is 14.3. The lowest BCUT2D eigenvalue weighted by molar-refractivity contribution is -0.159. The Hall–Kier alpha value is -3.53. The van der Waals surface area contributed by atoms with Crippen LogP contribution in [-0.2, 0) is 30.3 Å². The van der Waals surface area contributed by atoms with Crippen molar-refractivity contribution in [2.24, 2.45) is 0 Å². The average Bonchev–Trinajstić information content (AvgIpc) is 2.88. The minimum absolute atomic E-state index is 0.0413. The van der Waals surface area contributed by atoms with Gasteiger partial charge in [0.1, 0.15) is 29.3 Å². The molecule has 10 heteroatoms. The van der Waals surface area contributed by atoms with Crippen LogP contribution < -0.4 is 10.6 Å². The molecule has 2 aromatic carbocycles. The summed E-state index contributed by atoms with van der Waals surface area (Å²) in [5.41, 5.74) is 0.709. The van der Waals surface area contributed by atoms with Gasteiger partial charge < -0.3 is 25.0 Å². The van der Waals surface area contributed by atoms with Gasteiger partial charge in [-0.25, -0.2) is 9.59 Å². The second-order valence-corrected chi connectivity index (χ2v) is 14.7. The maximum Gasteiger partial charge on any atom is 0.408 e. The van der Waals surface area contributed by atoms with Crippen molar-refractivity contribution in [3.63, 3.8) is 0 Å². The minimum Gasteiger partial charge on any atom is -0.458 e. The van der Waals surface area contributed by atoms with E-state index in [0.29, 0.717) is 5.56 Å². The maximum atomic E-state index is 14.5. The van der Waals surface area contributed by atoms with Crippen LogP contribution in [0.3, 0.4) is 0 Å². The number of ether oxygens (including phenoxy) is 2. The first kappa shape index (κ1) is 37.7. The Bertz CT molecular complexity index is 1340. The third-order valence-electron chi connectivity index (χ3n) is 6.65. The summed E-state index contributed by atoms with van der Waals surface area (Å²) in [6.45, 7) is 19.7. The van der Waals surface area contributed by atoms with Crippen molar-refractivity contribution in [2.75, 3.05) is 5.75 Å². The number of nitrogens with zero attached hydrogens (tertiary/aromatic N) is 1. The van der Waals surface area contributed by atoms with E-state index in [0.717, 1.165) is 16.7 Å². The molecule has 0 saturated heterocycles. The van der Waals surface area contributed by atoms with Gasteiger partial charge in [0, 0.05) is 17.7 Å². The highest BCUT2D eigenvalue weighted by Crippen LogP contribution is 2.32. The van der Waals surface area contributed by atoms with Crippen molar-refractivity contribution in [1.29, 1.82) is 0 Å². The summed E-state index contributed by atoms with van der Waals surface area (Å²) in [6, 6.07) is 11.7. The molecule has 3 atom stereocenters. The summed E-state index contributed by atoms with van der Waals surface area (Å²) in [5, 5.41) is 5.55. The largest absolute Gasteiger partial charge is 0.458 e. The van der Waals surface area contributed by atoms with Gasteiger partial charge in [-0.05, 0) is 92.9 Å². The summed E-state index contributed by atoms with van der Waals surface area (Å²) in [4.78, 5) is 56.5. The molecule has 0 aliphatic heterocycles. The highest BCUT2D eigenvalue weighted by Gasteiger charge is 2.43. The second kappa shape index (κ2) is 15.2. The predicted octanol–water partition coefficient (Wildman–Crippen LogP) is 5.86. The van der Waals surface area contributed by atoms with Crippen LogP contribution in [0.25, 0.3) is 0 Å². The Morgan fingerprint density at radius 1 is 0.800 bits per heavy atom. The number of alkyl carbamates (subject to hydrolysis) is 1. The number of hydrogen-bond donors (Lipinski definition) is 3. The molecule has 3 amide bonds. The van der Waals surface area contributed by atoms with Crippen LogP contribution in [0.2, 0.25) is 0 Å². The maximum absolute atomic E-state index is 14.5. The Labute approximate surface area is 274 Å². The fraction of sp³-hybridized carbons (Fsp3) is 0.543. The normalized spacial score (nSPS) is 14.0. The number of benzene rings is 2. The number of hydrogen-bond acceptors (Lipinski definition) is 7. The van der Waals surface area contributed by atoms with Crippen molar-refractivity contribution >= 4 is 36.5 Å².